The molecule has 0 saturated carbocycles. The number of ether oxygens (including phenoxy) is 1. The summed E-state index contributed by atoms with van der Waals surface area (Å²) in [7, 11) is 0. The Labute approximate surface area is 159 Å². The molecule has 2 amide bonds. The van der Waals surface area contributed by atoms with E-state index in [1.807, 2.05) is 38.1 Å². The van der Waals surface area contributed by atoms with Gasteiger partial charge in [0.25, 0.3) is 5.91 Å². The van der Waals surface area contributed by atoms with Crippen LogP contribution in [0, 0.1) is 6.92 Å². The molecule has 0 radical (unpaired) electrons. The SMILES string of the molecule is CCN(C(=O)COC(=O)c1ccc(CNC(C)=O)cc1)c1ccccc1C. The standard InChI is InChI=1S/C21H24N2O4/c1-4-23(19-8-6-5-7-15(19)2)20(25)14-27-21(26)18-11-9-17(10-12-18)13-22-16(3)24/h5-12H,4,13-14H2,1-3H3,(H,22,24). The molecule has 0 aliphatic heterocycles. The van der Waals surface area contributed by atoms with Crippen molar-refractivity contribution >= 4 is 23.5 Å². The summed E-state index contributed by atoms with van der Waals surface area (Å²) in [5, 5.41) is 2.68. The largest absolute Gasteiger partial charge is 0.452 e. The highest BCUT2D eigenvalue weighted by molar-refractivity contribution is 5.97. The molecule has 0 saturated heterocycles. The van der Waals surface area contributed by atoms with E-state index >= 15 is 0 Å². The fourth-order valence-corrected chi connectivity index (χ4v) is 2.62. The van der Waals surface area contributed by atoms with Gasteiger partial charge in [-0.05, 0) is 43.2 Å². The molecule has 142 valence electrons. The van der Waals surface area contributed by atoms with Crippen LogP contribution in [-0.4, -0.2) is 30.9 Å². The van der Waals surface area contributed by atoms with Crippen molar-refractivity contribution in [2.75, 3.05) is 18.1 Å². The molecule has 0 aliphatic carbocycles. The van der Waals surface area contributed by atoms with Gasteiger partial charge in [-0.1, -0.05) is 30.3 Å². The molecular weight excluding hydrogens is 344 g/mol. The van der Waals surface area contributed by atoms with E-state index in [4.69, 9.17) is 4.74 Å². The van der Waals surface area contributed by atoms with Crippen molar-refractivity contribution in [2.45, 2.75) is 27.3 Å². The van der Waals surface area contributed by atoms with Gasteiger partial charge in [0.15, 0.2) is 6.61 Å². The molecule has 6 nitrogen and oxygen atoms in total. The molecule has 0 bridgehead atoms. The normalized spacial score (nSPS) is 10.2. The third-order valence-electron chi connectivity index (χ3n) is 4.08. The van der Waals surface area contributed by atoms with Crippen LogP contribution in [0.2, 0.25) is 0 Å². The summed E-state index contributed by atoms with van der Waals surface area (Å²) in [5.41, 5.74) is 3.01. The molecular formula is C21H24N2O4. The number of nitrogens with one attached hydrogen (secondary N) is 1. The number of hydrogen-bond donors (Lipinski definition) is 1. The first-order valence-corrected chi connectivity index (χ1v) is 8.79. The average Bonchev–Trinajstić information content (AvgIpc) is 2.67. The minimum absolute atomic E-state index is 0.119. The van der Waals surface area contributed by atoms with Gasteiger partial charge in [-0.3, -0.25) is 9.59 Å². The first-order chi connectivity index (χ1) is 12.9. The van der Waals surface area contributed by atoms with E-state index in [0.29, 0.717) is 18.7 Å². The van der Waals surface area contributed by atoms with Crippen LogP contribution in [0.25, 0.3) is 0 Å². The van der Waals surface area contributed by atoms with Crippen molar-refractivity contribution in [3.8, 4) is 0 Å². The Morgan fingerprint density at radius 2 is 1.70 bits per heavy atom. The molecule has 0 heterocycles. The van der Waals surface area contributed by atoms with Gasteiger partial charge in [0.1, 0.15) is 0 Å². The zero-order valence-electron chi connectivity index (χ0n) is 15.8. The highest BCUT2D eigenvalue weighted by Gasteiger charge is 2.18. The number of aryl methyl sites for hydroxylation is 1. The molecule has 0 unspecified atom stereocenters. The lowest BCUT2D eigenvalue weighted by atomic mass is 10.1. The van der Waals surface area contributed by atoms with E-state index in [1.54, 1.807) is 29.2 Å². The summed E-state index contributed by atoms with van der Waals surface area (Å²) in [6.45, 7) is 5.80. The molecule has 0 spiro atoms. The maximum Gasteiger partial charge on any atom is 0.338 e. The number of esters is 1. The number of para-hydroxylation sites is 1. The first kappa shape index (κ1) is 20.2. The molecule has 0 aliphatic rings. The fraction of sp³-hybridized carbons (Fsp3) is 0.286. The number of nitrogens with zero attached hydrogens (tertiary/aromatic N) is 1. The Morgan fingerprint density at radius 3 is 2.30 bits per heavy atom. The second-order valence-corrected chi connectivity index (χ2v) is 6.11. The quantitative estimate of drug-likeness (QED) is 0.763. The van der Waals surface area contributed by atoms with E-state index in [2.05, 4.69) is 5.32 Å². The maximum atomic E-state index is 12.5. The Kier molecular flexibility index (Phi) is 7.11. The Bertz CT molecular complexity index is 815. The molecule has 2 rings (SSSR count). The van der Waals surface area contributed by atoms with Crippen LogP contribution >= 0.6 is 0 Å². The van der Waals surface area contributed by atoms with Crippen LogP contribution in [0.4, 0.5) is 5.69 Å². The van der Waals surface area contributed by atoms with Gasteiger partial charge < -0.3 is 15.0 Å². The second-order valence-electron chi connectivity index (χ2n) is 6.11. The number of benzene rings is 2. The number of likely N-dealkylation sites (N-methyl/N-ethyl adjacent to an activating group) is 1. The van der Waals surface area contributed by atoms with Crippen molar-refractivity contribution < 1.29 is 19.1 Å². The average molecular weight is 368 g/mol. The summed E-state index contributed by atoms with van der Waals surface area (Å²) in [6.07, 6.45) is 0. The van der Waals surface area contributed by atoms with E-state index in [-0.39, 0.29) is 18.4 Å². The van der Waals surface area contributed by atoms with Gasteiger partial charge in [-0.2, -0.15) is 0 Å². The maximum absolute atomic E-state index is 12.5. The lowest BCUT2D eigenvalue weighted by Crippen LogP contribution is -2.35. The van der Waals surface area contributed by atoms with Crippen LogP contribution in [-0.2, 0) is 20.9 Å². The smallest absolute Gasteiger partial charge is 0.338 e. The fourth-order valence-electron chi connectivity index (χ4n) is 2.62. The van der Waals surface area contributed by atoms with E-state index in [1.165, 1.54) is 6.92 Å². The third-order valence-corrected chi connectivity index (χ3v) is 4.08. The first-order valence-electron chi connectivity index (χ1n) is 8.79. The summed E-state index contributed by atoms with van der Waals surface area (Å²) in [4.78, 5) is 37.2. The zero-order chi connectivity index (χ0) is 19.8. The summed E-state index contributed by atoms with van der Waals surface area (Å²) in [5.74, 6) is -0.955. The summed E-state index contributed by atoms with van der Waals surface area (Å²) in [6, 6.07) is 14.3. The van der Waals surface area contributed by atoms with Gasteiger partial charge >= 0.3 is 5.97 Å². The molecule has 27 heavy (non-hydrogen) atoms. The molecule has 6 heteroatoms. The minimum Gasteiger partial charge on any atom is -0.452 e. The zero-order valence-corrected chi connectivity index (χ0v) is 15.8. The number of amides is 2. The highest BCUT2D eigenvalue weighted by atomic mass is 16.5. The minimum atomic E-state index is -0.560. The van der Waals surface area contributed by atoms with Gasteiger partial charge in [-0.15, -0.1) is 0 Å². The van der Waals surface area contributed by atoms with Crippen molar-refractivity contribution in [2.24, 2.45) is 0 Å². The van der Waals surface area contributed by atoms with Crippen LogP contribution < -0.4 is 10.2 Å². The molecule has 1 N–H and O–H groups in total. The molecule has 2 aromatic carbocycles. The van der Waals surface area contributed by atoms with E-state index in [9.17, 15) is 14.4 Å². The number of carbonyl (C=O) groups excluding carboxylic acids is 3. The van der Waals surface area contributed by atoms with Crippen LogP contribution in [0.3, 0.4) is 0 Å². The van der Waals surface area contributed by atoms with Crippen molar-refractivity contribution in [1.82, 2.24) is 5.32 Å². The topological polar surface area (TPSA) is 75.7 Å². The van der Waals surface area contributed by atoms with Crippen LogP contribution in [0.1, 0.15) is 35.3 Å². The molecule has 0 aromatic heterocycles. The Morgan fingerprint density at radius 1 is 1.04 bits per heavy atom. The van der Waals surface area contributed by atoms with E-state index < -0.39 is 5.97 Å². The van der Waals surface area contributed by atoms with Crippen LogP contribution in [0.5, 0.6) is 0 Å². The van der Waals surface area contributed by atoms with E-state index in [0.717, 1.165) is 16.8 Å². The van der Waals surface area contributed by atoms with Gasteiger partial charge in [0.05, 0.1) is 5.56 Å². The van der Waals surface area contributed by atoms with Gasteiger partial charge in [0, 0.05) is 25.7 Å². The molecule has 0 atom stereocenters. The summed E-state index contributed by atoms with van der Waals surface area (Å²) < 4.78 is 5.17. The number of hydrogen-bond acceptors (Lipinski definition) is 4. The van der Waals surface area contributed by atoms with Crippen molar-refractivity contribution in [3.63, 3.8) is 0 Å². The number of rotatable bonds is 7. The lowest BCUT2D eigenvalue weighted by molar-refractivity contribution is -0.121. The van der Waals surface area contributed by atoms with Crippen molar-refractivity contribution in [3.05, 3.63) is 65.2 Å². The predicted octanol–water partition coefficient (Wildman–Crippen LogP) is 2.84. The van der Waals surface area contributed by atoms with Gasteiger partial charge in [-0.25, -0.2) is 4.79 Å². The molecule has 2 aromatic rings. The Hall–Kier alpha value is -3.15. The highest BCUT2D eigenvalue weighted by Crippen LogP contribution is 2.19. The number of carbonyl (C=O) groups is 3. The predicted molar refractivity (Wildman–Crippen MR) is 103 cm³/mol. The third kappa shape index (κ3) is 5.67. The van der Waals surface area contributed by atoms with Crippen LogP contribution in [0.15, 0.2) is 48.5 Å². The Balaban J connectivity index is 1.95. The second kappa shape index (κ2) is 9.52. The van der Waals surface area contributed by atoms with Crippen molar-refractivity contribution in [1.29, 1.82) is 0 Å². The monoisotopic (exact) mass is 368 g/mol. The number of anilines is 1. The lowest BCUT2D eigenvalue weighted by Gasteiger charge is -2.22. The van der Waals surface area contributed by atoms with Gasteiger partial charge in [0.2, 0.25) is 5.91 Å². The molecule has 0 fully saturated rings. The summed E-state index contributed by atoms with van der Waals surface area (Å²) >= 11 is 0.